The number of nitrogens with zero attached hydrogens (tertiary/aromatic N) is 1. The lowest BCUT2D eigenvalue weighted by atomic mass is 9.63. The molecule has 1 fully saturated rings. The van der Waals surface area contributed by atoms with Gasteiger partial charge in [0.1, 0.15) is 5.41 Å². The SMILES string of the molecule is Cc1ccc([C@@H]2[C@H](C(=O)C(C)(C)C)N3c4ccc(Cl)cc4C=C[C@@H]3C23C(=O)c2ccccc2C3=O)cc1. The fraction of sp³-hybridized carbons (Fsp3) is 0.281. The zero-order valence-electron chi connectivity index (χ0n) is 21.3. The molecule has 0 unspecified atom stereocenters. The minimum atomic E-state index is -1.46. The van der Waals surface area contributed by atoms with Crippen molar-refractivity contribution in [3.05, 3.63) is 106 Å². The molecule has 37 heavy (non-hydrogen) atoms. The van der Waals surface area contributed by atoms with Crippen LogP contribution in [-0.4, -0.2) is 29.4 Å². The van der Waals surface area contributed by atoms with E-state index < -0.39 is 28.8 Å². The number of Topliss-reactive ketones (excluding diaryl/α,β-unsaturated/α-hetero) is 3. The van der Waals surface area contributed by atoms with E-state index in [1.54, 1.807) is 30.3 Å². The van der Waals surface area contributed by atoms with Gasteiger partial charge in [0.25, 0.3) is 0 Å². The summed E-state index contributed by atoms with van der Waals surface area (Å²) in [5, 5.41) is 0.588. The van der Waals surface area contributed by atoms with Gasteiger partial charge in [0.05, 0.1) is 12.1 Å². The molecule has 3 aromatic carbocycles. The number of anilines is 1. The first-order valence-corrected chi connectivity index (χ1v) is 13.0. The van der Waals surface area contributed by atoms with Gasteiger partial charge in [-0.3, -0.25) is 14.4 Å². The molecule has 1 aliphatic carbocycles. The van der Waals surface area contributed by atoms with Crippen LogP contribution in [0.5, 0.6) is 0 Å². The van der Waals surface area contributed by atoms with Crippen LogP contribution in [0.1, 0.15) is 64.1 Å². The van der Waals surface area contributed by atoms with Gasteiger partial charge in [0.2, 0.25) is 0 Å². The third kappa shape index (κ3) is 3.18. The van der Waals surface area contributed by atoms with Gasteiger partial charge in [0.15, 0.2) is 17.3 Å². The molecule has 4 nitrogen and oxygen atoms in total. The smallest absolute Gasteiger partial charge is 0.180 e. The summed E-state index contributed by atoms with van der Waals surface area (Å²) in [6.07, 6.45) is 3.86. The number of carbonyl (C=O) groups is 3. The maximum absolute atomic E-state index is 14.5. The number of carbonyl (C=O) groups excluding carboxylic acids is 3. The Hall–Kier alpha value is -3.50. The van der Waals surface area contributed by atoms with Crippen molar-refractivity contribution in [2.24, 2.45) is 10.8 Å². The first kappa shape index (κ1) is 23.9. The number of rotatable bonds is 2. The second kappa shape index (κ2) is 8.00. The minimum Gasteiger partial charge on any atom is -0.352 e. The Morgan fingerprint density at radius 1 is 0.919 bits per heavy atom. The maximum Gasteiger partial charge on any atom is 0.180 e. The number of hydrogen-bond acceptors (Lipinski definition) is 4. The summed E-state index contributed by atoms with van der Waals surface area (Å²) in [4.78, 5) is 45.4. The topological polar surface area (TPSA) is 54.5 Å². The van der Waals surface area contributed by atoms with Gasteiger partial charge in [-0.2, -0.15) is 0 Å². The molecule has 1 spiro atoms. The highest BCUT2D eigenvalue weighted by molar-refractivity contribution is 6.32. The molecule has 6 rings (SSSR count). The second-order valence-electron chi connectivity index (χ2n) is 11.4. The van der Waals surface area contributed by atoms with Crippen LogP contribution in [0.2, 0.25) is 5.02 Å². The van der Waals surface area contributed by atoms with E-state index in [1.807, 2.05) is 81.1 Å². The second-order valence-corrected chi connectivity index (χ2v) is 11.9. The number of benzene rings is 3. The molecule has 3 atom stereocenters. The largest absolute Gasteiger partial charge is 0.352 e. The van der Waals surface area contributed by atoms with Crippen LogP contribution < -0.4 is 4.90 Å². The van der Waals surface area contributed by atoms with Crippen LogP contribution in [0.3, 0.4) is 0 Å². The van der Waals surface area contributed by atoms with E-state index in [0.717, 1.165) is 22.4 Å². The van der Waals surface area contributed by atoms with Gasteiger partial charge in [-0.05, 0) is 36.2 Å². The molecule has 2 heterocycles. The van der Waals surface area contributed by atoms with E-state index >= 15 is 0 Å². The summed E-state index contributed by atoms with van der Waals surface area (Å²) < 4.78 is 0. The Balaban J connectivity index is 1.70. The lowest BCUT2D eigenvalue weighted by molar-refractivity contribution is -0.127. The summed E-state index contributed by atoms with van der Waals surface area (Å²) in [6.45, 7) is 7.70. The molecule has 0 amide bonds. The van der Waals surface area contributed by atoms with Crippen molar-refractivity contribution >= 4 is 40.7 Å². The highest BCUT2D eigenvalue weighted by Crippen LogP contribution is 2.61. The van der Waals surface area contributed by atoms with Gasteiger partial charge >= 0.3 is 0 Å². The van der Waals surface area contributed by atoms with Crippen molar-refractivity contribution in [3.8, 4) is 0 Å². The molecule has 3 aliphatic rings. The van der Waals surface area contributed by atoms with Crippen molar-refractivity contribution in [2.45, 2.75) is 45.7 Å². The van der Waals surface area contributed by atoms with Crippen molar-refractivity contribution in [1.29, 1.82) is 0 Å². The highest BCUT2D eigenvalue weighted by Gasteiger charge is 2.71. The first-order valence-electron chi connectivity index (χ1n) is 12.6. The summed E-state index contributed by atoms with van der Waals surface area (Å²) >= 11 is 6.33. The number of hydrogen-bond donors (Lipinski definition) is 0. The van der Waals surface area contributed by atoms with E-state index in [-0.39, 0.29) is 17.3 Å². The van der Waals surface area contributed by atoms with Gasteiger partial charge in [-0.25, -0.2) is 0 Å². The van der Waals surface area contributed by atoms with E-state index in [2.05, 4.69) is 0 Å². The lowest BCUT2D eigenvalue weighted by Crippen LogP contribution is -2.49. The molecule has 0 saturated carbocycles. The van der Waals surface area contributed by atoms with Crippen molar-refractivity contribution in [1.82, 2.24) is 0 Å². The molecule has 5 heteroatoms. The van der Waals surface area contributed by atoms with Crippen LogP contribution in [0, 0.1) is 17.8 Å². The van der Waals surface area contributed by atoms with E-state index in [4.69, 9.17) is 11.6 Å². The van der Waals surface area contributed by atoms with Crippen LogP contribution in [-0.2, 0) is 4.79 Å². The maximum atomic E-state index is 14.5. The van der Waals surface area contributed by atoms with Gasteiger partial charge in [-0.1, -0.05) is 98.6 Å². The fourth-order valence-electron chi connectivity index (χ4n) is 6.54. The van der Waals surface area contributed by atoms with Crippen molar-refractivity contribution in [2.75, 3.05) is 4.90 Å². The molecule has 3 aromatic rings. The number of aryl methyl sites for hydroxylation is 1. The summed E-state index contributed by atoms with van der Waals surface area (Å²) in [5.74, 6) is -1.09. The predicted octanol–water partition coefficient (Wildman–Crippen LogP) is 6.70. The van der Waals surface area contributed by atoms with Crippen molar-refractivity contribution < 1.29 is 14.4 Å². The van der Waals surface area contributed by atoms with E-state index in [0.29, 0.717) is 16.1 Å². The monoisotopic (exact) mass is 509 g/mol. The molecule has 2 aliphatic heterocycles. The standard InChI is InChI=1S/C32H28ClNO3/c1-18-9-11-19(12-10-18)26-27(30(37)31(2,3)4)34-24-15-14-21(33)17-20(24)13-16-25(34)32(26)28(35)22-7-5-6-8-23(22)29(32)36/h5-17,25-27H,1-4H3/t25-,26-,27-/m1/s1. The zero-order valence-corrected chi connectivity index (χ0v) is 22.0. The molecular weight excluding hydrogens is 482 g/mol. The average molecular weight is 510 g/mol. The van der Waals surface area contributed by atoms with E-state index in [1.165, 1.54) is 0 Å². The molecule has 0 radical (unpaired) electrons. The highest BCUT2D eigenvalue weighted by atomic mass is 35.5. The van der Waals surface area contributed by atoms with Crippen LogP contribution >= 0.6 is 11.6 Å². The van der Waals surface area contributed by atoms with Crippen LogP contribution in [0.4, 0.5) is 5.69 Å². The molecule has 0 aromatic heterocycles. The third-order valence-electron chi connectivity index (χ3n) is 8.21. The Morgan fingerprint density at radius 2 is 1.54 bits per heavy atom. The summed E-state index contributed by atoms with van der Waals surface area (Å²) in [7, 11) is 0. The Labute approximate surface area is 221 Å². The minimum absolute atomic E-state index is 0.00675. The van der Waals surface area contributed by atoms with Gasteiger partial charge in [0, 0.05) is 33.2 Å². The van der Waals surface area contributed by atoms with Crippen LogP contribution in [0.25, 0.3) is 6.08 Å². The predicted molar refractivity (Wildman–Crippen MR) is 146 cm³/mol. The zero-order chi connectivity index (χ0) is 26.3. The first-order chi connectivity index (χ1) is 17.6. The Bertz CT molecular complexity index is 1480. The van der Waals surface area contributed by atoms with Crippen molar-refractivity contribution in [3.63, 3.8) is 0 Å². The molecule has 0 N–H and O–H groups in total. The summed E-state index contributed by atoms with van der Waals surface area (Å²) in [6, 6.07) is 19.2. The molecular formula is C32H28ClNO3. The molecule has 0 bridgehead atoms. The van der Waals surface area contributed by atoms with Gasteiger partial charge in [-0.15, -0.1) is 0 Å². The Kier molecular flexibility index (Phi) is 5.16. The quantitative estimate of drug-likeness (QED) is 0.361. The number of ketones is 3. The van der Waals surface area contributed by atoms with Crippen LogP contribution in [0.15, 0.2) is 72.8 Å². The number of fused-ring (bicyclic) bond motifs is 5. The average Bonchev–Trinajstić information content (AvgIpc) is 3.29. The lowest BCUT2D eigenvalue weighted by Gasteiger charge is -2.38. The Morgan fingerprint density at radius 3 is 2.14 bits per heavy atom. The normalized spacial score (nSPS) is 23.3. The number of halogens is 1. The molecule has 186 valence electrons. The fourth-order valence-corrected chi connectivity index (χ4v) is 6.72. The van der Waals surface area contributed by atoms with E-state index in [9.17, 15) is 14.4 Å². The van der Waals surface area contributed by atoms with Gasteiger partial charge < -0.3 is 4.90 Å². The molecule has 1 saturated heterocycles. The third-order valence-corrected chi connectivity index (χ3v) is 8.45. The summed E-state index contributed by atoms with van der Waals surface area (Å²) in [5.41, 5.74) is 2.27.